The summed E-state index contributed by atoms with van der Waals surface area (Å²) in [6, 6.07) is -0.619. The summed E-state index contributed by atoms with van der Waals surface area (Å²) in [5.74, 6) is -0.0584. The molecule has 0 aliphatic heterocycles. The van der Waals surface area contributed by atoms with Gasteiger partial charge in [0.05, 0.1) is 18.8 Å². The number of hydrogen-bond acceptors (Lipinski definition) is 3. The molecule has 0 fully saturated rings. The minimum atomic E-state index is -0.836. The van der Waals surface area contributed by atoms with E-state index in [0.717, 1.165) is 25.7 Å². The molecule has 0 spiro atoms. The number of carbonyl (C=O) groups is 1. The van der Waals surface area contributed by atoms with Gasteiger partial charge in [-0.25, -0.2) is 0 Å². The molecule has 0 aromatic rings. The smallest absolute Gasteiger partial charge is 0.220 e. The predicted molar refractivity (Wildman–Crippen MR) is 286 cm³/mol. The monoisotopic (exact) mass is 900 g/mol. The molecule has 0 aliphatic carbocycles. The van der Waals surface area contributed by atoms with E-state index in [1.165, 1.54) is 289 Å². The molecule has 0 heterocycles. The van der Waals surface area contributed by atoms with Gasteiger partial charge in [0.15, 0.2) is 0 Å². The summed E-state index contributed by atoms with van der Waals surface area (Å²) in [6.07, 6.45) is 75.1. The van der Waals surface area contributed by atoms with Gasteiger partial charge in [-0.1, -0.05) is 308 Å². The number of rotatable bonds is 55. The lowest BCUT2D eigenvalue weighted by Gasteiger charge is -2.20. The average molecular weight is 901 g/mol. The molecule has 3 N–H and O–H groups in total. The Morgan fingerprint density at radius 3 is 0.859 bits per heavy atom. The predicted octanol–water partition coefficient (Wildman–Crippen LogP) is 19.5. The van der Waals surface area contributed by atoms with Crippen LogP contribution >= 0.6 is 0 Å². The van der Waals surface area contributed by atoms with Crippen molar-refractivity contribution in [3.8, 4) is 0 Å². The first-order valence-electron chi connectivity index (χ1n) is 29.6. The number of aliphatic hydroxyl groups is 2. The molecule has 0 saturated heterocycles. The molecule has 1 amide bonds. The number of allylic oxidation sites excluding steroid dienone is 3. The van der Waals surface area contributed by atoms with E-state index in [-0.39, 0.29) is 12.5 Å². The van der Waals surface area contributed by atoms with Crippen LogP contribution in [0.4, 0.5) is 0 Å². The third-order valence-electron chi connectivity index (χ3n) is 13.9. The maximum atomic E-state index is 12.5. The summed E-state index contributed by atoms with van der Waals surface area (Å²) in [4.78, 5) is 12.5. The van der Waals surface area contributed by atoms with E-state index in [1.54, 1.807) is 6.08 Å². The lowest BCUT2D eigenvalue weighted by atomic mass is 10.0. The highest BCUT2D eigenvalue weighted by Crippen LogP contribution is 2.18. The fourth-order valence-corrected chi connectivity index (χ4v) is 9.41. The topological polar surface area (TPSA) is 69.6 Å². The van der Waals surface area contributed by atoms with Crippen molar-refractivity contribution in [1.29, 1.82) is 0 Å². The summed E-state index contributed by atoms with van der Waals surface area (Å²) in [5.41, 5.74) is 0. The maximum absolute atomic E-state index is 12.5. The first kappa shape index (κ1) is 62.9. The van der Waals surface area contributed by atoms with Crippen molar-refractivity contribution < 1.29 is 15.0 Å². The molecule has 0 bridgehead atoms. The van der Waals surface area contributed by atoms with E-state index >= 15 is 0 Å². The highest BCUT2D eigenvalue weighted by molar-refractivity contribution is 5.76. The summed E-state index contributed by atoms with van der Waals surface area (Å²) < 4.78 is 0. The molecule has 0 aromatic carbocycles. The van der Waals surface area contributed by atoms with Gasteiger partial charge in [0.25, 0.3) is 0 Å². The molecule has 380 valence electrons. The molecule has 0 aromatic heterocycles. The second-order valence-electron chi connectivity index (χ2n) is 20.4. The van der Waals surface area contributed by atoms with Gasteiger partial charge in [-0.05, 0) is 44.9 Å². The summed E-state index contributed by atoms with van der Waals surface area (Å²) in [6.45, 7) is 4.34. The average Bonchev–Trinajstić information content (AvgIpc) is 3.30. The molecule has 0 rings (SSSR count). The molecule has 2 unspecified atom stereocenters. The van der Waals surface area contributed by atoms with Crippen molar-refractivity contribution in [1.82, 2.24) is 5.32 Å². The molecule has 4 heteroatoms. The number of amides is 1. The van der Waals surface area contributed by atoms with Gasteiger partial charge in [-0.15, -0.1) is 0 Å². The SMILES string of the molecule is CCCCCCCCCCCCCCC/C=C/C(O)C(CO)NC(=O)CCCCCCCCCCCCCCCCCCC/C=C\CCCCCCCCCCCCCCCCCC. The fraction of sp³-hybridized carbons (Fsp3) is 0.917. The van der Waals surface area contributed by atoms with Crippen molar-refractivity contribution in [2.75, 3.05) is 6.61 Å². The minimum absolute atomic E-state index is 0.0584. The van der Waals surface area contributed by atoms with E-state index in [9.17, 15) is 15.0 Å². The van der Waals surface area contributed by atoms with E-state index in [0.29, 0.717) is 6.42 Å². The zero-order chi connectivity index (χ0) is 46.3. The Bertz CT molecular complexity index is 932. The van der Waals surface area contributed by atoms with Gasteiger partial charge in [0, 0.05) is 6.42 Å². The Kier molecular flexibility index (Phi) is 55.2. The van der Waals surface area contributed by atoms with E-state index in [2.05, 4.69) is 31.3 Å². The van der Waals surface area contributed by atoms with Crippen LogP contribution < -0.4 is 5.32 Å². The quantitative estimate of drug-likeness (QED) is 0.0421. The van der Waals surface area contributed by atoms with Crippen LogP contribution in [0.25, 0.3) is 0 Å². The van der Waals surface area contributed by atoms with E-state index in [4.69, 9.17) is 0 Å². The van der Waals surface area contributed by atoms with Crippen molar-refractivity contribution in [3.63, 3.8) is 0 Å². The zero-order valence-electron chi connectivity index (χ0n) is 43.8. The number of aliphatic hydroxyl groups excluding tert-OH is 2. The molecule has 0 radical (unpaired) electrons. The van der Waals surface area contributed by atoms with Crippen LogP contribution in [0, 0.1) is 0 Å². The zero-order valence-corrected chi connectivity index (χ0v) is 43.8. The Balaban J connectivity index is 3.39. The maximum Gasteiger partial charge on any atom is 0.220 e. The Morgan fingerprint density at radius 2 is 0.594 bits per heavy atom. The molecule has 0 aliphatic rings. The van der Waals surface area contributed by atoms with Crippen LogP contribution in [0.5, 0.6) is 0 Å². The van der Waals surface area contributed by atoms with Gasteiger partial charge in [0.2, 0.25) is 5.91 Å². The molecule has 0 saturated carbocycles. The Hall–Kier alpha value is -1.13. The van der Waals surface area contributed by atoms with Crippen LogP contribution in [0.3, 0.4) is 0 Å². The minimum Gasteiger partial charge on any atom is -0.394 e. The van der Waals surface area contributed by atoms with Crippen LogP contribution in [0.1, 0.15) is 335 Å². The molecule has 4 nitrogen and oxygen atoms in total. The third kappa shape index (κ3) is 51.8. The number of hydrogen-bond donors (Lipinski definition) is 3. The van der Waals surface area contributed by atoms with Crippen LogP contribution in [-0.2, 0) is 4.79 Å². The van der Waals surface area contributed by atoms with Crippen molar-refractivity contribution in [2.45, 2.75) is 347 Å². The second-order valence-corrected chi connectivity index (χ2v) is 20.4. The largest absolute Gasteiger partial charge is 0.394 e. The van der Waals surface area contributed by atoms with Gasteiger partial charge in [-0.2, -0.15) is 0 Å². The van der Waals surface area contributed by atoms with Gasteiger partial charge < -0.3 is 15.5 Å². The van der Waals surface area contributed by atoms with Gasteiger partial charge in [0.1, 0.15) is 0 Å². The first-order chi connectivity index (χ1) is 31.7. The number of nitrogens with one attached hydrogen (secondary N) is 1. The summed E-state index contributed by atoms with van der Waals surface area (Å²) in [5, 5.41) is 23.1. The normalized spacial score (nSPS) is 12.9. The van der Waals surface area contributed by atoms with Gasteiger partial charge >= 0.3 is 0 Å². The lowest BCUT2D eigenvalue weighted by Crippen LogP contribution is -2.45. The molecular formula is C60H117NO3. The van der Waals surface area contributed by atoms with Crippen molar-refractivity contribution >= 4 is 5.91 Å². The fourth-order valence-electron chi connectivity index (χ4n) is 9.41. The summed E-state index contributed by atoms with van der Waals surface area (Å²) in [7, 11) is 0. The Labute approximate surface area is 402 Å². The van der Waals surface area contributed by atoms with E-state index < -0.39 is 12.1 Å². The van der Waals surface area contributed by atoms with Crippen LogP contribution in [0.15, 0.2) is 24.3 Å². The second kappa shape index (κ2) is 56.2. The highest BCUT2D eigenvalue weighted by Gasteiger charge is 2.18. The Morgan fingerprint density at radius 1 is 0.359 bits per heavy atom. The van der Waals surface area contributed by atoms with Crippen LogP contribution in [0.2, 0.25) is 0 Å². The van der Waals surface area contributed by atoms with E-state index in [1.807, 2.05) is 6.08 Å². The number of unbranched alkanes of at least 4 members (excludes halogenated alkanes) is 46. The lowest BCUT2D eigenvalue weighted by molar-refractivity contribution is -0.123. The van der Waals surface area contributed by atoms with Gasteiger partial charge in [-0.3, -0.25) is 4.79 Å². The standard InChI is InChI=1S/C60H117NO3/c1-3-5-7-9-11-13-15-17-19-20-21-22-23-24-25-26-27-28-29-30-31-32-33-34-35-36-37-38-39-40-42-44-46-48-50-52-54-56-60(64)61-58(57-62)59(63)55-53-51-49-47-45-43-41-18-16-14-12-10-8-6-4-2/h28-29,53,55,58-59,62-63H,3-27,30-52,54,56-57H2,1-2H3,(H,61,64)/b29-28-,55-53+. The molecule has 64 heavy (non-hydrogen) atoms. The van der Waals surface area contributed by atoms with Crippen molar-refractivity contribution in [3.05, 3.63) is 24.3 Å². The van der Waals surface area contributed by atoms with Crippen molar-refractivity contribution in [2.24, 2.45) is 0 Å². The van der Waals surface area contributed by atoms with Crippen LogP contribution in [-0.4, -0.2) is 34.9 Å². The number of carbonyl (C=O) groups excluding carboxylic acids is 1. The first-order valence-corrected chi connectivity index (χ1v) is 29.6. The highest BCUT2D eigenvalue weighted by atomic mass is 16.3. The third-order valence-corrected chi connectivity index (χ3v) is 13.9. The molecule has 2 atom stereocenters. The summed E-state index contributed by atoms with van der Waals surface area (Å²) >= 11 is 0. The molecular weight excluding hydrogens is 783 g/mol.